The average Bonchev–Trinajstić information content (AvgIpc) is 3.17. The van der Waals surface area contributed by atoms with Gasteiger partial charge in [-0.3, -0.25) is 14.6 Å². The zero-order valence-electron chi connectivity index (χ0n) is 14.5. The molecule has 0 N–H and O–H groups in total. The molecule has 2 amide bonds. The van der Waals surface area contributed by atoms with Gasteiger partial charge in [-0.25, -0.2) is 4.90 Å². The van der Waals surface area contributed by atoms with Crippen LogP contribution in [-0.2, 0) is 16.1 Å². The molecule has 0 unspecified atom stereocenters. The molecular formula is C19H18N4O3. The van der Waals surface area contributed by atoms with E-state index in [-0.39, 0.29) is 11.8 Å². The smallest absolute Gasteiger partial charge is 0.263 e. The van der Waals surface area contributed by atoms with Crippen LogP contribution in [0.3, 0.4) is 0 Å². The summed E-state index contributed by atoms with van der Waals surface area (Å²) in [5.41, 5.74) is 2.69. The molecule has 0 aliphatic carbocycles. The van der Waals surface area contributed by atoms with E-state index in [0.717, 1.165) is 11.1 Å². The molecule has 2 heterocycles. The third-order valence-corrected chi connectivity index (χ3v) is 4.65. The van der Waals surface area contributed by atoms with E-state index >= 15 is 0 Å². The molecule has 2 aliphatic heterocycles. The first-order valence-electron chi connectivity index (χ1n) is 8.33. The number of carbonyl (C=O) groups is 2. The van der Waals surface area contributed by atoms with Gasteiger partial charge < -0.3 is 4.74 Å². The van der Waals surface area contributed by atoms with Gasteiger partial charge in [-0.05, 0) is 36.8 Å². The van der Waals surface area contributed by atoms with E-state index in [1.807, 2.05) is 31.2 Å². The Hall–Kier alpha value is -3.22. The molecule has 4 rings (SSSR count). The Kier molecular flexibility index (Phi) is 3.91. The van der Waals surface area contributed by atoms with Crippen LogP contribution >= 0.6 is 0 Å². The Morgan fingerprint density at radius 1 is 1.00 bits per heavy atom. The van der Waals surface area contributed by atoms with E-state index in [0.29, 0.717) is 18.0 Å². The molecule has 1 fully saturated rings. The number of carbonyl (C=O) groups excluding carboxylic acids is 2. The molecule has 0 radical (unpaired) electrons. The van der Waals surface area contributed by atoms with E-state index in [1.54, 1.807) is 36.4 Å². The lowest BCUT2D eigenvalue weighted by Crippen LogP contribution is -2.39. The monoisotopic (exact) mass is 350 g/mol. The van der Waals surface area contributed by atoms with Crippen molar-refractivity contribution in [1.82, 2.24) is 5.01 Å². The summed E-state index contributed by atoms with van der Waals surface area (Å²) in [5.74, 6) is 0.0105. The lowest BCUT2D eigenvalue weighted by molar-refractivity contribution is -0.123. The molecule has 0 saturated carbocycles. The SMILES string of the molecule is COc1ccc(N2C(=O)[C@@H]3N=NN(Cc4ccc(C)cc4)[C@H]3C2=O)cc1. The first kappa shape index (κ1) is 16.3. The number of hydrogen-bond acceptors (Lipinski definition) is 6. The lowest BCUT2D eigenvalue weighted by atomic mass is 10.1. The minimum absolute atomic E-state index is 0.303. The summed E-state index contributed by atoms with van der Waals surface area (Å²) in [5, 5.41) is 9.71. The zero-order valence-corrected chi connectivity index (χ0v) is 14.5. The second-order valence-corrected chi connectivity index (χ2v) is 6.39. The van der Waals surface area contributed by atoms with Crippen molar-refractivity contribution in [3.8, 4) is 5.75 Å². The highest BCUT2D eigenvalue weighted by Gasteiger charge is 2.54. The number of imide groups is 1. The molecular weight excluding hydrogens is 332 g/mol. The Labute approximate surface area is 150 Å². The molecule has 7 heteroatoms. The first-order valence-corrected chi connectivity index (χ1v) is 8.33. The van der Waals surface area contributed by atoms with Gasteiger partial charge >= 0.3 is 0 Å². The van der Waals surface area contributed by atoms with Crippen molar-refractivity contribution in [1.29, 1.82) is 0 Å². The van der Waals surface area contributed by atoms with E-state index in [1.165, 1.54) is 4.90 Å². The van der Waals surface area contributed by atoms with Crippen molar-refractivity contribution in [2.45, 2.75) is 25.6 Å². The van der Waals surface area contributed by atoms with E-state index < -0.39 is 12.1 Å². The third-order valence-electron chi connectivity index (χ3n) is 4.65. The maximum Gasteiger partial charge on any atom is 0.263 e. The number of rotatable bonds is 4. The van der Waals surface area contributed by atoms with Gasteiger partial charge in [-0.1, -0.05) is 35.1 Å². The van der Waals surface area contributed by atoms with Gasteiger partial charge in [0, 0.05) is 0 Å². The van der Waals surface area contributed by atoms with Crippen molar-refractivity contribution >= 4 is 17.5 Å². The zero-order chi connectivity index (χ0) is 18.3. The van der Waals surface area contributed by atoms with Crippen molar-refractivity contribution < 1.29 is 14.3 Å². The Balaban J connectivity index is 1.57. The topological polar surface area (TPSA) is 74.6 Å². The number of ether oxygens (including phenoxy) is 1. The maximum absolute atomic E-state index is 12.9. The molecule has 0 spiro atoms. The largest absolute Gasteiger partial charge is 0.497 e. The minimum atomic E-state index is -0.782. The molecule has 7 nitrogen and oxygen atoms in total. The lowest BCUT2D eigenvalue weighted by Gasteiger charge is -2.20. The Morgan fingerprint density at radius 3 is 2.35 bits per heavy atom. The van der Waals surface area contributed by atoms with Crippen LogP contribution in [0.1, 0.15) is 11.1 Å². The normalized spacial score (nSPS) is 21.5. The van der Waals surface area contributed by atoms with Crippen molar-refractivity contribution in [2.75, 3.05) is 12.0 Å². The Morgan fingerprint density at radius 2 is 1.69 bits per heavy atom. The van der Waals surface area contributed by atoms with E-state index in [2.05, 4.69) is 10.3 Å². The van der Waals surface area contributed by atoms with Gasteiger partial charge in [0.15, 0.2) is 12.1 Å². The van der Waals surface area contributed by atoms with Crippen LogP contribution in [0.15, 0.2) is 58.9 Å². The fourth-order valence-electron chi connectivity index (χ4n) is 3.22. The number of fused-ring (bicyclic) bond motifs is 1. The van der Waals surface area contributed by atoms with Crippen LogP contribution in [0, 0.1) is 6.92 Å². The number of benzene rings is 2. The predicted octanol–water partition coefficient (Wildman–Crippen LogP) is 2.50. The summed E-state index contributed by atoms with van der Waals surface area (Å²) >= 11 is 0. The standard InChI is InChI=1S/C19H18N4O3/c1-12-3-5-13(6-4-12)11-22-17-16(20-21-22)18(24)23(19(17)25)14-7-9-15(26-2)10-8-14/h3-10,16-17H,11H2,1-2H3/t16-,17-/m1/s1. The van der Waals surface area contributed by atoms with Crippen LogP contribution in [0.25, 0.3) is 0 Å². The third kappa shape index (κ3) is 2.61. The molecule has 2 aromatic carbocycles. The molecule has 0 aromatic heterocycles. The molecule has 2 aromatic rings. The summed E-state index contributed by atoms with van der Waals surface area (Å²) in [6, 6.07) is 13.3. The van der Waals surface area contributed by atoms with Gasteiger partial charge in [0.1, 0.15) is 5.75 Å². The number of hydrogen-bond donors (Lipinski definition) is 0. The number of anilines is 1. The van der Waals surface area contributed by atoms with Crippen LogP contribution < -0.4 is 9.64 Å². The minimum Gasteiger partial charge on any atom is -0.497 e. The highest BCUT2D eigenvalue weighted by Crippen LogP contribution is 2.33. The highest BCUT2D eigenvalue weighted by molar-refractivity contribution is 6.25. The van der Waals surface area contributed by atoms with E-state index in [4.69, 9.17) is 4.74 Å². The number of methoxy groups -OCH3 is 1. The fourth-order valence-corrected chi connectivity index (χ4v) is 3.22. The van der Waals surface area contributed by atoms with Crippen LogP contribution in [-0.4, -0.2) is 36.0 Å². The molecule has 2 atom stereocenters. The van der Waals surface area contributed by atoms with Gasteiger partial charge in [0.2, 0.25) is 0 Å². The number of nitrogens with zero attached hydrogens (tertiary/aromatic N) is 4. The fraction of sp³-hybridized carbons (Fsp3) is 0.263. The molecule has 132 valence electrons. The molecule has 0 bridgehead atoms. The molecule has 26 heavy (non-hydrogen) atoms. The maximum atomic E-state index is 12.9. The summed E-state index contributed by atoms with van der Waals surface area (Å²) in [6.07, 6.45) is 0. The van der Waals surface area contributed by atoms with Gasteiger partial charge in [-0.2, -0.15) is 5.11 Å². The van der Waals surface area contributed by atoms with Crippen molar-refractivity contribution in [3.63, 3.8) is 0 Å². The summed E-state index contributed by atoms with van der Waals surface area (Å²) < 4.78 is 5.12. The second kappa shape index (κ2) is 6.25. The first-order chi connectivity index (χ1) is 12.6. The van der Waals surface area contributed by atoms with Gasteiger partial charge in [0.25, 0.3) is 11.8 Å². The summed E-state index contributed by atoms with van der Waals surface area (Å²) in [7, 11) is 1.56. The average molecular weight is 350 g/mol. The van der Waals surface area contributed by atoms with Crippen LogP contribution in [0.4, 0.5) is 5.69 Å². The van der Waals surface area contributed by atoms with E-state index in [9.17, 15) is 9.59 Å². The number of amides is 2. The van der Waals surface area contributed by atoms with Gasteiger partial charge in [0.05, 0.1) is 19.3 Å². The summed E-state index contributed by atoms with van der Waals surface area (Å²) in [6.45, 7) is 2.45. The highest BCUT2D eigenvalue weighted by atomic mass is 16.5. The van der Waals surface area contributed by atoms with Gasteiger partial charge in [-0.15, -0.1) is 0 Å². The predicted molar refractivity (Wildman–Crippen MR) is 94.6 cm³/mol. The van der Waals surface area contributed by atoms with Crippen molar-refractivity contribution in [2.24, 2.45) is 10.3 Å². The molecule has 2 aliphatic rings. The second-order valence-electron chi connectivity index (χ2n) is 6.39. The quantitative estimate of drug-likeness (QED) is 0.794. The molecule has 1 saturated heterocycles. The van der Waals surface area contributed by atoms with Crippen LogP contribution in [0.2, 0.25) is 0 Å². The van der Waals surface area contributed by atoms with Crippen molar-refractivity contribution in [3.05, 3.63) is 59.7 Å². The summed E-state index contributed by atoms with van der Waals surface area (Å²) in [4.78, 5) is 26.8. The van der Waals surface area contributed by atoms with Crippen LogP contribution in [0.5, 0.6) is 5.75 Å². The Bertz CT molecular complexity index is 877. The number of aryl methyl sites for hydroxylation is 1.